The number of carbonyl (C=O) groups is 3. The number of fused-ring (bicyclic) bond motifs is 1. The fraction of sp³-hybridized carbons (Fsp3) is 0.250. The van der Waals surface area contributed by atoms with E-state index in [9.17, 15) is 18.8 Å². The van der Waals surface area contributed by atoms with Gasteiger partial charge in [-0.3, -0.25) is 20.4 Å². The molecule has 1 aliphatic heterocycles. The Morgan fingerprint density at radius 2 is 1.80 bits per heavy atom. The smallest absolute Gasteiger partial charge is 0.347 e. The summed E-state index contributed by atoms with van der Waals surface area (Å²) < 4.78 is 33.9. The number of carbonyl (C=O) groups excluding carboxylic acids is 3. The first-order chi connectivity index (χ1) is 14.4. The molecule has 0 saturated heterocycles. The molecule has 0 fully saturated rings. The van der Waals surface area contributed by atoms with Crippen LogP contribution < -0.4 is 25.1 Å². The van der Waals surface area contributed by atoms with E-state index in [1.54, 1.807) is 24.3 Å². The van der Waals surface area contributed by atoms with Gasteiger partial charge >= 0.3 is 5.97 Å². The summed E-state index contributed by atoms with van der Waals surface area (Å²) in [7, 11) is 0. The number of benzene rings is 2. The summed E-state index contributed by atoms with van der Waals surface area (Å²) >= 11 is 0. The molecule has 0 radical (unpaired) electrons. The zero-order valence-corrected chi connectivity index (χ0v) is 15.9. The van der Waals surface area contributed by atoms with Gasteiger partial charge in [0.15, 0.2) is 24.2 Å². The normalized spacial score (nSPS) is 15.5. The molecule has 3 rings (SSSR count). The van der Waals surface area contributed by atoms with E-state index in [0.29, 0.717) is 11.5 Å². The molecule has 2 aromatic carbocycles. The number of esters is 1. The van der Waals surface area contributed by atoms with Gasteiger partial charge in [-0.25, -0.2) is 9.18 Å². The van der Waals surface area contributed by atoms with Crippen LogP contribution in [0.4, 0.5) is 4.39 Å². The number of amides is 2. The molecule has 0 bridgehead atoms. The molecule has 1 heterocycles. The van der Waals surface area contributed by atoms with E-state index in [2.05, 4.69) is 10.9 Å². The molecular weight excluding hydrogens is 399 g/mol. The van der Waals surface area contributed by atoms with Crippen LogP contribution in [-0.4, -0.2) is 43.2 Å². The van der Waals surface area contributed by atoms with E-state index < -0.39 is 42.4 Å². The molecule has 2 aromatic rings. The lowest BCUT2D eigenvalue weighted by Crippen LogP contribution is -2.51. The molecule has 2 atom stereocenters. The first kappa shape index (κ1) is 20.9. The molecular formula is C20H19FN2O7. The van der Waals surface area contributed by atoms with Crippen molar-refractivity contribution in [1.82, 2.24) is 10.9 Å². The number of hydrogen-bond donors (Lipinski definition) is 2. The number of nitrogens with one attached hydrogen (secondary N) is 2. The lowest BCUT2D eigenvalue weighted by atomic mass is 10.2. The molecule has 158 valence electrons. The predicted molar refractivity (Wildman–Crippen MR) is 100 cm³/mol. The number of para-hydroxylation sites is 2. The minimum Gasteiger partial charge on any atom is -0.485 e. The van der Waals surface area contributed by atoms with Crippen LogP contribution in [0, 0.1) is 5.82 Å². The Balaban J connectivity index is 1.37. The Morgan fingerprint density at radius 3 is 2.53 bits per heavy atom. The number of rotatable bonds is 6. The average molecular weight is 418 g/mol. The first-order valence-electron chi connectivity index (χ1n) is 8.98. The summed E-state index contributed by atoms with van der Waals surface area (Å²) in [6, 6.07) is 12.0. The monoisotopic (exact) mass is 418 g/mol. The van der Waals surface area contributed by atoms with E-state index >= 15 is 0 Å². The van der Waals surface area contributed by atoms with Crippen molar-refractivity contribution < 1.29 is 37.7 Å². The molecule has 9 nitrogen and oxygen atoms in total. The Bertz CT molecular complexity index is 920. The predicted octanol–water partition coefficient (Wildman–Crippen LogP) is 1.12. The van der Waals surface area contributed by atoms with Gasteiger partial charge in [-0.2, -0.15) is 0 Å². The van der Waals surface area contributed by atoms with Gasteiger partial charge in [0.2, 0.25) is 6.10 Å². The van der Waals surface area contributed by atoms with E-state index in [1.807, 2.05) is 0 Å². The highest BCUT2D eigenvalue weighted by Crippen LogP contribution is 2.30. The minimum atomic E-state index is -1.02. The maximum absolute atomic E-state index is 12.9. The average Bonchev–Trinajstić information content (AvgIpc) is 2.76. The van der Waals surface area contributed by atoms with Crippen molar-refractivity contribution in [2.45, 2.75) is 19.1 Å². The quantitative estimate of drug-likeness (QED) is 0.534. The van der Waals surface area contributed by atoms with Gasteiger partial charge < -0.3 is 18.9 Å². The lowest BCUT2D eigenvalue weighted by molar-refractivity contribution is -0.155. The van der Waals surface area contributed by atoms with Gasteiger partial charge in [0, 0.05) is 0 Å². The van der Waals surface area contributed by atoms with Crippen LogP contribution in [0.1, 0.15) is 6.92 Å². The van der Waals surface area contributed by atoms with Gasteiger partial charge in [-0.15, -0.1) is 0 Å². The van der Waals surface area contributed by atoms with Crippen molar-refractivity contribution in [1.29, 1.82) is 0 Å². The maximum Gasteiger partial charge on any atom is 0.347 e. The summed E-state index contributed by atoms with van der Waals surface area (Å²) in [6.07, 6.45) is -1.97. The topological polar surface area (TPSA) is 112 Å². The molecule has 2 N–H and O–H groups in total. The second-order valence-corrected chi connectivity index (χ2v) is 6.22. The Kier molecular flexibility index (Phi) is 6.68. The van der Waals surface area contributed by atoms with Crippen LogP contribution in [0.25, 0.3) is 0 Å². The van der Waals surface area contributed by atoms with Crippen molar-refractivity contribution in [3.05, 3.63) is 54.3 Å². The van der Waals surface area contributed by atoms with Crippen molar-refractivity contribution >= 4 is 17.8 Å². The van der Waals surface area contributed by atoms with Crippen LogP contribution in [0.3, 0.4) is 0 Å². The molecule has 0 saturated carbocycles. The third-order valence-electron chi connectivity index (χ3n) is 3.93. The molecule has 0 unspecified atom stereocenters. The molecule has 0 spiro atoms. The van der Waals surface area contributed by atoms with Crippen LogP contribution >= 0.6 is 0 Å². The fourth-order valence-electron chi connectivity index (χ4n) is 2.42. The van der Waals surface area contributed by atoms with Gasteiger partial charge in [0.05, 0.1) is 0 Å². The number of halogens is 1. The fourth-order valence-corrected chi connectivity index (χ4v) is 2.42. The van der Waals surface area contributed by atoms with Gasteiger partial charge in [-0.05, 0) is 43.3 Å². The van der Waals surface area contributed by atoms with Crippen molar-refractivity contribution in [3.63, 3.8) is 0 Å². The largest absolute Gasteiger partial charge is 0.485 e. The summed E-state index contributed by atoms with van der Waals surface area (Å²) in [5, 5.41) is 0. The third kappa shape index (κ3) is 5.60. The van der Waals surface area contributed by atoms with E-state index in [-0.39, 0.29) is 12.4 Å². The summed E-state index contributed by atoms with van der Waals surface area (Å²) in [5.74, 6) is -1.42. The third-order valence-corrected chi connectivity index (χ3v) is 3.93. The number of ether oxygens (including phenoxy) is 4. The summed E-state index contributed by atoms with van der Waals surface area (Å²) in [6.45, 7) is 0.761. The Labute approximate surface area is 171 Å². The Hall–Kier alpha value is -3.82. The molecule has 1 aliphatic rings. The summed E-state index contributed by atoms with van der Waals surface area (Å²) in [5.41, 5.74) is 4.30. The second kappa shape index (κ2) is 9.59. The van der Waals surface area contributed by atoms with E-state index in [4.69, 9.17) is 18.9 Å². The van der Waals surface area contributed by atoms with Gasteiger partial charge in [0.1, 0.15) is 18.2 Å². The lowest BCUT2D eigenvalue weighted by Gasteiger charge is -2.25. The van der Waals surface area contributed by atoms with Crippen LogP contribution in [0.15, 0.2) is 48.5 Å². The van der Waals surface area contributed by atoms with E-state index in [1.165, 1.54) is 31.2 Å². The van der Waals surface area contributed by atoms with Crippen LogP contribution in [0.2, 0.25) is 0 Å². The molecule has 0 aliphatic carbocycles. The zero-order chi connectivity index (χ0) is 21.5. The molecule has 0 aromatic heterocycles. The summed E-state index contributed by atoms with van der Waals surface area (Å²) in [4.78, 5) is 35.8. The van der Waals surface area contributed by atoms with Gasteiger partial charge in [-0.1, -0.05) is 12.1 Å². The van der Waals surface area contributed by atoms with Crippen molar-refractivity contribution in [2.24, 2.45) is 0 Å². The SMILES string of the molecule is C[C@H](Oc1ccc(F)cc1)C(=O)OCC(=O)NNC(=O)[C@H]1COc2ccccc2O1. The molecule has 2 amide bonds. The van der Waals surface area contributed by atoms with E-state index in [0.717, 1.165) is 0 Å². The van der Waals surface area contributed by atoms with Crippen LogP contribution in [-0.2, 0) is 19.1 Å². The van der Waals surface area contributed by atoms with Crippen molar-refractivity contribution in [2.75, 3.05) is 13.2 Å². The van der Waals surface area contributed by atoms with Crippen LogP contribution in [0.5, 0.6) is 17.2 Å². The zero-order valence-electron chi connectivity index (χ0n) is 15.9. The minimum absolute atomic E-state index is 0.0219. The molecule has 10 heteroatoms. The highest BCUT2D eigenvalue weighted by atomic mass is 19.1. The first-order valence-corrected chi connectivity index (χ1v) is 8.98. The maximum atomic E-state index is 12.9. The van der Waals surface area contributed by atoms with Crippen molar-refractivity contribution in [3.8, 4) is 17.2 Å². The molecule has 30 heavy (non-hydrogen) atoms. The number of hydrazine groups is 1. The number of hydrogen-bond acceptors (Lipinski definition) is 7. The standard InChI is InChI=1S/C20H19FN2O7/c1-12(29-14-8-6-13(21)7-9-14)20(26)28-11-18(24)22-23-19(25)17-10-27-15-4-2-3-5-16(15)30-17/h2-9,12,17H,10-11H2,1H3,(H,22,24)(H,23,25)/t12-,17+/m0/s1. The Morgan fingerprint density at radius 1 is 1.10 bits per heavy atom. The highest BCUT2D eigenvalue weighted by molar-refractivity contribution is 5.86. The highest BCUT2D eigenvalue weighted by Gasteiger charge is 2.27. The second-order valence-electron chi connectivity index (χ2n) is 6.22. The van der Waals surface area contributed by atoms with Gasteiger partial charge in [0.25, 0.3) is 11.8 Å².